The molecule has 4 aromatic rings. The Balaban J connectivity index is 1.40. The number of amides is 1. The Bertz CT molecular complexity index is 1150. The number of aromatic amines is 1. The minimum atomic E-state index is -0.212. The lowest BCUT2D eigenvalue weighted by Crippen LogP contribution is -2.28. The molecule has 1 unspecified atom stereocenters. The van der Waals surface area contributed by atoms with Crippen molar-refractivity contribution in [1.82, 2.24) is 20.3 Å². The first-order valence-electron chi connectivity index (χ1n) is 10.1. The number of carbonyl (C=O) groups is 1. The van der Waals surface area contributed by atoms with Crippen LogP contribution in [-0.2, 0) is 6.42 Å². The third-order valence-electron chi connectivity index (χ3n) is 5.09. The van der Waals surface area contributed by atoms with Gasteiger partial charge in [-0.3, -0.25) is 4.79 Å². The van der Waals surface area contributed by atoms with E-state index >= 15 is 0 Å². The van der Waals surface area contributed by atoms with Gasteiger partial charge in [-0.05, 0) is 37.5 Å². The number of hydrogen-bond donors (Lipinski definition) is 3. The second-order valence-electron chi connectivity index (χ2n) is 7.33. The number of nitrogens with one attached hydrogen (secondary N) is 3. The number of benzene rings is 2. The first-order chi connectivity index (χ1) is 14.6. The average molecular weight is 399 g/mol. The molecule has 2 aromatic heterocycles. The van der Waals surface area contributed by atoms with Crippen molar-refractivity contribution in [3.63, 3.8) is 0 Å². The van der Waals surface area contributed by atoms with Gasteiger partial charge in [0.05, 0.1) is 6.04 Å². The number of para-hydroxylation sites is 1. The maximum Gasteiger partial charge on any atom is 0.270 e. The van der Waals surface area contributed by atoms with Crippen LogP contribution in [0, 0.1) is 6.92 Å². The zero-order valence-corrected chi connectivity index (χ0v) is 17.1. The van der Waals surface area contributed by atoms with Crippen LogP contribution in [0.1, 0.15) is 40.4 Å². The van der Waals surface area contributed by atoms with Crippen LogP contribution in [0.15, 0.2) is 66.9 Å². The highest BCUT2D eigenvalue weighted by Gasteiger charge is 2.14. The number of hydrogen-bond acceptors (Lipinski definition) is 4. The quantitative estimate of drug-likeness (QED) is 0.430. The predicted molar refractivity (Wildman–Crippen MR) is 120 cm³/mol. The van der Waals surface area contributed by atoms with Crippen molar-refractivity contribution in [2.75, 3.05) is 11.9 Å². The van der Waals surface area contributed by atoms with Crippen LogP contribution >= 0.6 is 0 Å². The Kier molecular flexibility index (Phi) is 5.75. The first kappa shape index (κ1) is 19.6. The van der Waals surface area contributed by atoms with Gasteiger partial charge in [-0.2, -0.15) is 0 Å². The van der Waals surface area contributed by atoms with Crippen molar-refractivity contribution in [3.8, 4) is 0 Å². The average Bonchev–Trinajstić information content (AvgIpc) is 3.17. The predicted octanol–water partition coefficient (Wildman–Crippen LogP) is 4.41. The second-order valence-corrected chi connectivity index (χ2v) is 7.33. The minimum Gasteiger partial charge on any atom is -0.370 e. The molecule has 0 saturated heterocycles. The van der Waals surface area contributed by atoms with Gasteiger partial charge in [0.1, 0.15) is 17.3 Å². The van der Waals surface area contributed by atoms with Crippen LogP contribution in [-0.4, -0.2) is 27.4 Å². The zero-order chi connectivity index (χ0) is 20.9. The van der Waals surface area contributed by atoms with E-state index in [1.807, 2.05) is 55.6 Å². The van der Waals surface area contributed by atoms with Crippen molar-refractivity contribution in [2.45, 2.75) is 26.3 Å². The maximum absolute atomic E-state index is 12.7. The number of aryl methyl sites for hydroxylation is 1. The van der Waals surface area contributed by atoms with Crippen molar-refractivity contribution in [2.24, 2.45) is 0 Å². The highest BCUT2D eigenvalue weighted by molar-refractivity contribution is 5.93. The third-order valence-corrected chi connectivity index (χ3v) is 5.09. The largest absolute Gasteiger partial charge is 0.370 e. The van der Waals surface area contributed by atoms with E-state index in [0.717, 1.165) is 17.5 Å². The van der Waals surface area contributed by atoms with Crippen molar-refractivity contribution < 1.29 is 4.79 Å². The zero-order valence-electron chi connectivity index (χ0n) is 17.1. The number of carbonyl (C=O) groups excluding carboxylic acids is 1. The molecule has 2 heterocycles. The summed E-state index contributed by atoms with van der Waals surface area (Å²) in [5.74, 6) is 1.00. The summed E-state index contributed by atoms with van der Waals surface area (Å²) in [7, 11) is 0. The van der Waals surface area contributed by atoms with Gasteiger partial charge in [0.15, 0.2) is 0 Å². The van der Waals surface area contributed by atoms with E-state index in [1.54, 1.807) is 13.0 Å². The monoisotopic (exact) mass is 399 g/mol. The maximum atomic E-state index is 12.7. The molecule has 0 bridgehead atoms. The summed E-state index contributed by atoms with van der Waals surface area (Å²) in [5.41, 5.74) is 3.80. The molecule has 0 saturated carbocycles. The van der Waals surface area contributed by atoms with Crippen LogP contribution < -0.4 is 10.6 Å². The summed E-state index contributed by atoms with van der Waals surface area (Å²) in [6, 6.07) is 19.7. The summed E-state index contributed by atoms with van der Waals surface area (Å²) < 4.78 is 0. The van der Waals surface area contributed by atoms with Crippen LogP contribution in [0.4, 0.5) is 5.82 Å². The molecule has 2 aromatic carbocycles. The Morgan fingerprint density at radius 3 is 2.67 bits per heavy atom. The molecule has 1 amide bonds. The molecule has 30 heavy (non-hydrogen) atoms. The lowest BCUT2D eigenvalue weighted by molar-refractivity contribution is 0.0934. The fourth-order valence-corrected chi connectivity index (χ4v) is 3.53. The van der Waals surface area contributed by atoms with Gasteiger partial charge in [0.2, 0.25) is 0 Å². The SMILES string of the molecule is Cc1nc(NCCc2c[nH]c3ccccc23)cc(C(=O)NC(C)c2ccccc2)n1. The lowest BCUT2D eigenvalue weighted by atomic mass is 10.1. The van der Waals surface area contributed by atoms with E-state index < -0.39 is 0 Å². The highest BCUT2D eigenvalue weighted by atomic mass is 16.1. The number of anilines is 1. The molecule has 152 valence electrons. The van der Waals surface area contributed by atoms with Gasteiger partial charge >= 0.3 is 0 Å². The van der Waals surface area contributed by atoms with E-state index in [-0.39, 0.29) is 11.9 Å². The van der Waals surface area contributed by atoms with E-state index in [1.165, 1.54) is 10.9 Å². The van der Waals surface area contributed by atoms with Crippen LogP contribution in [0.25, 0.3) is 10.9 Å². The second kappa shape index (κ2) is 8.78. The molecule has 3 N–H and O–H groups in total. The van der Waals surface area contributed by atoms with Crippen LogP contribution in [0.3, 0.4) is 0 Å². The van der Waals surface area contributed by atoms with Gasteiger partial charge < -0.3 is 15.6 Å². The molecule has 0 aliphatic heterocycles. The molecule has 6 nitrogen and oxygen atoms in total. The summed E-state index contributed by atoms with van der Waals surface area (Å²) in [6.07, 6.45) is 2.89. The Morgan fingerprint density at radius 1 is 1.07 bits per heavy atom. The van der Waals surface area contributed by atoms with Gasteiger partial charge in [-0.15, -0.1) is 0 Å². The summed E-state index contributed by atoms with van der Waals surface area (Å²) in [5, 5.41) is 7.56. The molecular weight excluding hydrogens is 374 g/mol. The summed E-state index contributed by atoms with van der Waals surface area (Å²) in [6.45, 7) is 4.46. The van der Waals surface area contributed by atoms with Crippen LogP contribution in [0.5, 0.6) is 0 Å². The van der Waals surface area contributed by atoms with Gasteiger partial charge in [0, 0.05) is 29.7 Å². The number of rotatable bonds is 7. The minimum absolute atomic E-state index is 0.104. The molecule has 0 spiro atoms. The molecule has 0 aliphatic rings. The Labute approximate surface area is 175 Å². The molecule has 0 aliphatic carbocycles. The van der Waals surface area contributed by atoms with Crippen molar-refractivity contribution in [3.05, 3.63) is 89.5 Å². The van der Waals surface area contributed by atoms with Crippen LogP contribution in [0.2, 0.25) is 0 Å². The molecule has 4 rings (SSSR count). The molecule has 0 fully saturated rings. The number of fused-ring (bicyclic) bond motifs is 1. The Hall–Kier alpha value is -3.67. The van der Waals surface area contributed by atoms with Gasteiger partial charge in [-0.1, -0.05) is 48.5 Å². The lowest BCUT2D eigenvalue weighted by Gasteiger charge is -2.14. The van der Waals surface area contributed by atoms with Crippen molar-refractivity contribution in [1.29, 1.82) is 0 Å². The smallest absolute Gasteiger partial charge is 0.270 e. The number of nitrogens with zero attached hydrogens (tertiary/aromatic N) is 2. The third kappa shape index (κ3) is 4.49. The van der Waals surface area contributed by atoms with E-state index in [0.29, 0.717) is 23.9 Å². The van der Waals surface area contributed by atoms with Gasteiger partial charge in [0.25, 0.3) is 5.91 Å². The van der Waals surface area contributed by atoms with Crippen molar-refractivity contribution >= 4 is 22.6 Å². The van der Waals surface area contributed by atoms with E-state index in [9.17, 15) is 4.79 Å². The number of aromatic nitrogens is 3. The Morgan fingerprint density at radius 2 is 1.83 bits per heavy atom. The summed E-state index contributed by atoms with van der Waals surface area (Å²) >= 11 is 0. The fourth-order valence-electron chi connectivity index (χ4n) is 3.53. The topological polar surface area (TPSA) is 82.7 Å². The fraction of sp³-hybridized carbons (Fsp3) is 0.208. The first-order valence-corrected chi connectivity index (χ1v) is 10.1. The standard InChI is InChI=1S/C24H25N5O/c1-16(18-8-4-3-5-9-18)27-24(30)22-14-23(29-17(2)28-22)25-13-12-19-15-26-21-11-7-6-10-20(19)21/h3-11,14-16,26H,12-13H2,1-2H3,(H,27,30)(H,25,28,29). The highest BCUT2D eigenvalue weighted by Crippen LogP contribution is 2.18. The molecule has 1 atom stereocenters. The van der Waals surface area contributed by atoms with E-state index in [4.69, 9.17) is 0 Å². The van der Waals surface area contributed by atoms with Gasteiger partial charge in [-0.25, -0.2) is 9.97 Å². The molecular formula is C24H25N5O. The molecule has 0 radical (unpaired) electrons. The number of H-pyrrole nitrogens is 1. The summed E-state index contributed by atoms with van der Waals surface area (Å²) in [4.78, 5) is 24.7. The normalized spacial score (nSPS) is 11.9. The van der Waals surface area contributed by atoms with E-state index in [2.05, 4.69) is 37.7 Å². The molecule has 6 heteroatoms.